The summed E-state index contributed by atoms with van der Waals surface area (Å²) in [6.45, 7) is 2.47. The molecule has 5 nitrogen and oxygen atoms in total. The van der Waals surface area contributed by atoms with Gasteiger partial charge in [0.15, 0.2) is 0 Å². The summed E-state index contributed by atoms with van der Waals surface area (Å²) in [6, 6.07) is 0.532. The first-order valence-corrected chi connectivity index (χ1v) is 6.04. The number of rotatable bonds is 2. The molecule has 0 radical (unpaired) electrons. The van der Waals surface area contributed by atoms with Gasteiger partial charge < -0.3 is 10.6 Å². The summed E-state index contributed by atoms with van der Waals surface area (Å²) in [4.78, 5) is 2.91. The molecule has 0 bridgehead atoms. The zero-order valence-electron chi connectivity index (χ0n) is 9.32. The van der Waals surface area contributed by atoms with Crippen LogP contribution in [0, 0.1) is 5.92 Å². The molecule has 1 saturated heterocycles. The number of fused-ring (bicyclic) bond motifs is 2. The highest BCUT2D eigenvalue weighted by molar-refractivity contribution is 5.28. The first-order chi connectivity index (χ1) is 7.84. The standard InChI is InChI=1S/C11H17N5/c12-16-14-7-11-6-13-5-9(11)4-8-2-1-3-10(8)15-11/h4,9-10,13,15H,1-3,5-7H2/t9-,10-,11+/m0/s1. The third kappa shape index (κ3) is 1.44. The fourth-order valence-electron chi connectivity index (χ4n) is 3.37. The van der Waals surface area contributed by atoms with E-state index in [2.05, 4.69) is 26.7 Å². The molecule has 0 unspecified atom stereocenters. The molecule has 3 atom stereocenters. The first-order valence-electron chi connectivity index (χ1n) is 6.04. The van der Waals surface area contributed by atoms with Gasteiger partial charge in [-0.25, -0.2) is 0 Å². The van der Waals surface area contributed by atoms with Gasteiger partial charge in [-0.2, -0.15) is 0 Å². The summed E-state index contributed by atoms with van der Waals surface area (Å²) >= 11 is 0. The largest absolute Gasteiger partial charge is 0.314 e. The predicted molar refractivity (Wildman–Crippen MR) is 62.0 cm³/mol. The molecule has 0 aromatic rings. The smallest absolute Gasteiger partial charge is 0.0459 e. The van der Waals surface area contributed by atoms with Gasteiger partial charge in [0, 0.05) is 42.0 Å². The molecule has 16 heavy (non-hydrogen) atoms. The van der Waals surface area contributed by atoms with E-state index in [1.54, 1.807) is 5.57 Å². The SMILES string of the molecule is [N-]=[N+]=NC[C@]12CNC[C@@H]1C=C1CCC[C@@H]1N2. The molecule has 2 aliphatic heterocycles. The van der Waals surface area contributed by atoms with Crippen molar-refractivity contribution in [2.24, 2.45) is 11.0 Å². The monoisotopic (exact) mass is 219 g/mol. The van der Waals surface area contributed by atoms with Crippen molar-refractivity contribution in [3.05, 3.63) is 22.1 Å². The molecule has 2 heterocycles. The lowest BCUT2D eigenvalue weighted by atomic mass is 9.80. The summed E-state index contributed by atoms with van der Waals surface area (Å²) < 4.78 is 0. The Labute approximate surface area is 94.9 Å². The van der Waals surface area contributed by atoms with Crippen LogP contribution >= 0.6 is 0 Å². The van der Waals surface area contributed by atoms with Crippen LogP contribution in [0.15, 0.2) is 16.8 Å². The highest BCUT2D eigenvalue weighted by atomic mass is 15.2. The second-order valence-electron chi connectivity index (χ2n) is 5.11. The molecule has 1 saturated carbocycles. The van der Waals surface area contributed by atoms with Crippen molar-refractivity contribution in [2.75, 3.05) is 19.6 Å². The van der Waals surface area contributed by atoms with E-state index in [-0.39, 0.29) is 5.54 Å². The summed E-state index contributed by atoms with van der Waals surface area (Å²) in [7, 11) is 0. The molecule has 1 aliphatic carbocycles. The van der Waals surface area contributed by atoms with Crippen LogP contribution in [0.5, 0.6) is 0 Å². The van der Waals surface area contributed by atoms with Crippen LogP contribution in [0.4, 0.5) is 0 Å². The number of hydrogen-bond acceptors (Lipinski definition) is 3. The van der Waals surface area contributed by atoms with E-state index in [0.717, 1.165) is 13.1 Å². The first kappa shape index (κ1) is 10.1. The fraction of sp³-hybridized carbons (Fsp3) is 0.818. The van der Waals surface area contributed by atoms with Gasteiger partial charge >= 0.3 is 0 Å². The van der Waals surface area contributed by atoms with Crippen molar-refractivity contribution in [1.29, 1.82) is 0 Å². The van der Waals surface area contributed by atoms with Crippen molar-refractivity contribution in [2.45, 2.75) is 30.8 Å². The molecular weight excluding hydrogens is 202 g/mol. The fourth-order valence-corrected chi connectivity index (χ4v) is 3.37. The van der Waals surface area contributed by atoms with Crippen molar-refractivity contribution in [3.8, 4) is 0 Å². The molecule has 0 amide bonds. The maximum Gasteiger partial charge on any atom is 0.0459 e. The molecule has 5 heteroatoms. The molecule has 0 spiro atoms. The van der Waals surface area contributed by atoms with Gasteiger partial charge in [0.2, 0.25) is 0 Å². The Morgan fingerprint density at radius 1 is 1.62 bits per heavy atom. The average Bonchev–Trinajstić information content (AvgIpc) is 2.88. The van der Waals surface area contributed by atoms with Crippen molar-refractivity contribution in [3.63, 3.8) is 0 Å². The summed E-state index contributed by atoms with van der Waals surface area (Å²) in [5.74, 6) is 0.488. The van der Waals surface area contributed by atoms with Crippen LogP contribution in [0.3, 0.4) is 0 Å². The molecular formula is C11H17N5. The Bertz CT molecular complexity index is 371. The van der Waals surface area contributed by atoms with E-state index in [9.17, 15) is 0 Å². The molecule has 0 aromatic heterocycles. The lowest BCUT2D eigenvalue weighted by molar-refractivity contribution is 0.271. The third-order valence-corrected chi connectivity index (χ3v) is 4.21. The number of azide groups is 1. The Balaban J connectivity index is 1.89. The summed E-state index contributed by atoms with van der Waals surface area (Å²) in [5, 5.41) is 10.9. The van der Waals surface area contributed by atoms with E-state index in [1.165, 1.54) is 19.3 Å². The Kier molecular flexibility index (Phi) is 2.39. The Morgan fingerprint density at radius 3 is 3.44 bits per heavy atom. The van der Waals surface area contributed by atoms with Crippen LogP contribution in [0.1, 0.15) is 19.3 Å². The summed E-state index contributed by atoms with van der Waals surface area (Å²) in [6.07, 6.45) is 6.20. The van der Waals surface area contributed by atoms with E-state index in [1.807, 2.05) is 0 Å². The minimum atomic E-state index is -0.0231. The van der Waals surface area contributed by atoms with E-state index in [4.69, 9.17) is 5.53 Å². The molecule has 2 fully saturated rings. The minimum absolute atomic E-state index is 0.0231. The normalized spacial score (nSPS) is 40.9. The van der Waals surface area contributed by atoms with Crippen LogP contribution in [-0.2, 0) is 0 Å². The van der Waals surface area contributed by atoms with Gasteiger partial charge in [-0.3, -0.25) is 0 Å². The number of nitrogens with zero attached hydrogens (tertiary/aromatic N) is 3. The second kappa shape index (κ2) is 3.77. The molecule has 3 rings (SSSR count). The molecule has 3 aliphatic rings. The summed E-state index contributed by atoms with van der Waals surface area (Å²) in [5.41, 5.74) is 10.0. The minimum Gasteiger partial charge on any atom is -0.314 e. The van der Waals surface area contributed by atoms with Crippen molar-refractivity contribution in [1.82, 2.24) is 10.6 Å². The maximum absolute atomic E-state index is 8.50. The molecule has 0 aromatic carbocycles. The lowest BCUT2D eigenvalue weighted by Gasteiger charge is -2.40. The van der Waals surface area contributed by atoms with Gasteiger partial charge in [0.1, 0.15) is 0 Å². The van der Waals surface area contributed by atoms with Gasteiger partial charge in [0.25, 0.3) is 0 Å². The van der Waals surface area contributed by atoms with Gasteiger partial charge in [-0.1, -0.05) is 16.8 Å². The van der Waals surface area contributed by atoms with Gasteiger partial charge in [-0.05, 0) is 24.8 Å². The third-order valence-electron chi connectivity index (χ3n) is 4.21. The topological polar surface area (TPSA) is 72.8 Å². The van der Waals surface area contributed by atoms with E-state index < -0.39 is 0 Å². The highest BCUT2D eigenvalue weighted by Gasteiger charge is 2.46. The Hall–Kier alpha value is -1.03. The maximum atomic E-state index is 8.50. The average molecular weight is 219 g/mol. The lowest BCUT2D eigenvalue weighted by Crippen LogP contribution is -2.59. The number of nitrogens with one attached hydrogen (secondary N) is 2. The molecule has 86 valence electrons. The van der Waals surface area contributed by atoms with E-state index in [0.29, 0.717) is 18.5 Å². The van der Waals surface area contributed by atoms with Gasteiger partial charge in [-0.15, -0.1) is 0 Å². The Morgan fingerprint density at radius 2 is 2.56 bits per heavy atom. The van der Waals surface area contributed by atoms with Crippen molar-refractivity contribution < 1.29 is 0 Å². The molecule has 2 N–H and O–H groups in total. The van der Waals surface area contributed by atoms with E-state index >= 15 is 0 Å². The quantitative estimate of drug-likeness (QED) is 0.318. The van der Waals surface area contributed by atoms with Crippen LogP contribution in [0.2, 0.25) is 0 Å². The van der Waals surface area contributed by atoms with Gasteiger partial charge in [0.05, 0.1) is 0 Å². The van der Waals surface area contributed by atoms with Crippen molar-refractivity contribution >= 4 is 0 Å². The highest BCUT2D eigenvalue weighted by Crippen LogP contribution is 2.37. The van der Waals surface area contributed by atoms with Crippen LogP contribution < -0.4 is 10.6 Å². The van der Waals surface area contributed by atoms with Crippen LogP contribution in [0.25, 0.3) is 10.4 Å². The second-order valence-corrected chi connectivity index (χ2v) is 5.11. The zero-order chi connectivity index (χ0) is 11.0. The predicted octanol–water partition coefficient (Wildman–Crippen LogP) is 1.34. The zero-order valence-corrected chi connectivity index (χ0v) is 9.32. The number of hydrogen-bond donors (Lipinski definition) is 2. The van der Waals surface area contributed by atoms with Crippen LogP contribution in [-0.4, -0.2) is 31.2 Å².